The van der Waals surface area contributed by atoms with Crippen LogP contribution in [0.1, 0.15) is 31.9 Å². The second-order valence-electron chi connectivity index (χ2n) is 3.50. The van der Waals surface area contributed by atoms with Gasteiger partial charge >= 0.3 is 0 Å². The molecule has 1 unspecified atom stereocenters. The third kappa shape index (κ3) is 3.76. The van der Waals surface area contributed by atoms with Gasteiger partial charge < -0.3 is 10.2 Å². The molecule has 2 nitrogen and oxygen atoms in total. The second-order valence-corrected chi connectivity index (χ2v) is 4.64. The topological polar surface area (TPSA) is 39.2 Å². The maximum Gasteiger partial charge on any atom is 0.114 e. The van der Waals surface area contributed by atoms with Gasteiger partial charge in [0.2, 0.25) is 0 Å². The molecular weight excluding hydrogens is 194 g/mol. The minimum atomic E-state index is 0.376. The summed E-state index contributed by atoms with van der Waals surface area (Å²) in [5.74, 6) is 2.16. The standard InChI is InChI=1S/C11H19NOS/c1-3-10(12)5-4-8-14-11-6-7-13-9(11)2/h6-7,10H,3-5,8,12H2,1-2H3. The average molecular weight is 213 g/mol. The molecule has 1 aromatic rings. The summed E-state index contributed by atoms with van der Waals surface area (Å²) in [5, 5.41) is 0. The third-order valence-corrected chi connectivity index (χ3v) is 3.54. The molecular formula is C11H19NOS. The van der Waals surface area contributed by atoms with Crippen LogP contribution in [0, 0.1) is 6.92 Å². The Morgan fingerprint density at radius 3 is 2.93 bits per heavy atom. The van der Waals surface area contributed by atoms with Crippen LogP contribution in [0.4, 0.5) is 0 Å². The number of aryl methyl sites for hydroxylation is 1. The normalized spacial score (nSPS) is 13.1. The van der Waals surface area contributed by atoms with Gasteiger partial charge in [-0.25, -0.2) is 0 Å². The molecule has 0 aliphatic carbocycles. The van der Waals surface area contributed by atoms with Gasteiger partial charge in [-0.1, -0.05) is 6.92 Å². The van der Waals surface area contributed by atoms with Gasteiger partial charge in [0.25, 0.3) is 0 Å². The highest BCUT2D eigenvalue weighted by Gasteiger charge is 2.02. The summed E-state index contributed by atoms with van der Waals surface area (Å²) in [6.45, 7) is 4.14. The van der Waals surface area contributed by atoms with E-state index in [1.165, 1.54) is 11.3 Å². The molecule has 0 spiro atoms. The molecule has 1 atom stereocenters. The van der Waals surface area contributed by atoms with Gasteiger partial charge in [-0.15, -0.1) is 11.8 Å². The lowest BCUT2D eigenvalue weighted by molar-refractivity contribution is 0.527. The van der Waals surface area contributed by atoms with Gasteiger partial charge in [-0.05, 0) is 38.0 Å². The summed E-state index contributed by atoms with van der Waals surface area (Å²) in [4.78, 5) is 1.26. The zero-order valence-electron chi connectivity index (χ0n) is 8.95. The molecule has 14 heavy (non-hydrogen) atoms. The number of rotatable bonds is 6. The van der Waals surface area contributed by atoms with Crippen molar-refractivity contribution in [2.24, 2.45) is 5.73 Å². The predicted molar refractivity (Wildman–Crippen MR) is 61.7 cm³/mol. The summed E-state index contributed by atoms with van der Waals surface area (Å²) in [6, 6.07) is 2.40. The first kappa shape index (κ1) is 11.7. The SMILES string of the molecule is CCC(N)CCCSc1ccoc1C. The molecule has 1 rings (SSSR count). The molecule has 80 valence electrons. The van der Waals surface area contributed by atoms with Crippen molar-refractivity contribution >= 4 is 11.8 Å². The lowest BCUT2D eigenvalue weighted by Gasteiger charge is -2.07. The van der Waals surface area contributed by atoms with Crippen LogP contribution in [-0.4, -0.2) is 11.8 Å². The quantitative estimate of drug-likeness (QED) is 0.582. The van der Waals surface area contributed by atoms with Gasteiger partial charge in [0, 0.05) is 10.9 Å². The predicted octanol–water partition coefficient (Wildman–Crippen LogP) is 3.20. The number of nitrogens with two attached hydrogens (primary N) is 1. The summed E-state index contributed by atoms with van der Waals surface area (Å²) in [6.07, 6.45) is 5.13. The van der Waals surface area contributed by atoms with Gasteiger partial charge in [-0.3, -0.25) is 0 Å². The molecule has 0 radical (unpaired) electrons. The highest BCUT2D eigenvalue weighted by Crippen LogP contribution is 2.24. The summed E-state index contributed by atoms with van der Waals surface area (Å²) in [7, 11) is 0. The Morgan fingerprint density at radius 1 is 1.57 bits per heavy atom. The molecule has 0 bridgehead atoms. The minimum absolute atomic E-state index is 0.376. The highest BCUT2D eigenvalue weighted by atomic mass is 32.2. The molecule has 1 heterocycles. The smallest absolute Gasteiger partial charge is 0.114 e. The Kier molecular flexibility index (Phi) is 5.12. The molecule has 0 amide bonds. The van der Waals surface area contributed by atoms with E-state index >= 15 is 0 Å². The van der Waals surface area contributed by atoms with E-state index < -0.39 is 0 Å². The van der Waals surface area contributed by atoms with Crippen molar-refractivity contribution in [1.29, 1.82) is 0 Å². The van der Waals surface area contributed by atoms with E-state index in [9.17, 15) is 0 Å². The average Bonchev–Trinajstić information content (AvgIpc) is 2.58. The Balaban J connectivity index is 2.13. The Hall–Kier alpha value is -0.410. The van der Waals surface area contributed by atoms with Crippen molar-refractivity contribution < 1.29 is 4.42 Å². The van der Waals surface area contributed by atoms with Gasteiger partial charge in [0.1, 0.15) is 5.76 Å². The van der Waals surface area contributed by atoms with E-state index in [1.807, 2.05) is 24.8 Å². The Labute approximate surface area is 90.2 Å². The molecule has 0 saturated heterocycles. The molecule has 0 fully saturated rings. The van der Waals surface area contributed by atoms with E-state index in [1.54, 1.807) is 6.26 Å². The lowest BCUT2D eigenvalue weighted by Crippen LogP contribution is -2.18. The molecule has 0 aliphatic rings. The van der Waals surface area contributed by atoms with Crippen molar-refractivity contribution in [3.8, 4) is 0 Å². The number of furan rings is 1. The first-order valence-corrected chi connectivity index (χ1v) is 6.15. The fourth-order valence-corrected chi connectivity index (χ4v) is 2.19. The van der Waals surface area contributed by atoms with E-state index in [-0.39, 0.29) is 0 Å². The van der Waals surface area contributed by atoms with Crippen molar-refractivity contribution in [3.63, 3.8) is 0 Å². The summed E-state index contributed by atoms with van der Waals surface area (Å²) < 4.78 is 5.22. The van der Waals surface area contributed by atoms with Crippen LogP contribution < -0.4 is 5.73 Å². The van der Waals surface area contributed by atoms with Gasteiger partial charge in [-0.2, -0.15) is 0 Å². The van der Waals surface area contributed by atoms with Crippen LogP contribution in [0.15, 0.2) is 21.6 Å². The zero-order valence-corrected chi connectivity index (χ0v) is 9.77. The summed E-state index contributed by atoms with van der Waals surface area (Å²) in [5.41, 5.74) is 5.83. The minimum Gasteiger partial charge on any atom is -0.468 e. The van der Waals surface area contributed by atoms with Gasteiger partial charge in [0.05, 0.1) is 6.26 Å². The monoisotopic (exact) mass is 213 g/mol. The van der Waals surface area contributed by atoms with E-state index in [4.69, 9.17) is 10.2 Å². The van der Waals surface area contributed by atoms with Gasteiger partial charge in [0.15, 0.2) is 0 Å². The van der Waals surface area contributed by atoms with E-state index in [0.717, 1.165) is 24.4 Å². The Bertz CT molecular complexity index is 260. The van der Waals surface area contributed by atoms with Crippen LogP contribution in [0.2, 0.25) is 0 Å². The van der Waals surface area contributed by atoms with E-state index in [0.29, 0.717) is 6.04 Å². The maximum absolute atomic E-state index is 5.83. The number of hydrogen-bond donors (Lipinski definition) is 1. The fourth-order valence-electron chi connectivity index (χ4n) is 1.25. The van der Waals surface area contributed by atoms with E-state index in [2.05, 4.69) is 6.92 Å². The van der Waals surface area contributed by atoms with Crippen molar-refractivity contribution in [2.45, 2.75) is 44.0 Å². The van der Waals surface area contributed by atoms with Crippen LogP contribution in [0.3, 0.4) is 0 Å². The van der Waals surface area contributed by atoms with Crippen molar-refractivity contribution in [3.05, 3.63) is 18.1 Å². The van der Waals surface area contributed by atoms with Crippen molar-refractivity contribution in [1.82, 2.24) is 0 Å². The van der Waals surface area contributed by atoms with Crippen LogP contribution in [0.5, 0.6) is 0 Å². The van der Waals surface area contributed by atoms with Crippen LogP contribution in [-0.2, 0) is 0 Å². The third-order valence-electron chi connectivity index (χ3n) is 2.31. The van der Waals surface area contributed by atoms with Crippen LogP contribution in [0.25, 0.3) is 0 Å². The van der Waals surface area contributed by atoms with Crippen LogP contribution >= 0.6 is 11.8 Å². The first-order chi connectivity index (χ1) is 6.74. The second kappa shape index (κ2) is 6.14. The first-order valence-electron chi connectivity index (χ1n) is 5.16. The largest absolute Gasteiger partial charge is 0.468 e. The Morgan fingerprint density at radius 2 is 2.36 bits per heavy atom. The number of thioether (sulfide) groups is 1. The number of hydrogen-bond acceptors (Lipinski definition) is 3. The fraction of sp³-hybridized carbons (Fsp3) is 0.636. The molecule has 0 aliphatic heterocycles. The molecule has 3 heteroatoms. The molecule has 1 aromatic heterocycles. The molecule has 0 aromatic carbocycles. The molecule has 0 saturated carbocycles. The zero-order chi connectivity index (χ0) is 10.4. The lowest BCUT2D eigenvalue weighted by atomic mass is 10.1. The summed E-state index contributed by atoms with van der Waals surface area (Å²) >= 11 is 1.86. The van der Waals surface area contributed by atoms with Crippen molar-refractivity contribution in [2.75, 3.05) is 5.75 Å². The highest BCUT2D eigenvalue weighted by molar-refractivity contribution is 7.99. The molecule has 2 N–H and O–H groups in total. The maximum atomic E-state index is 5.83.